The summed E-state index contributed by atoms with van der Waals surface area (Å²) in [6, 6.07) is 3.67. The van der Waals surface area contributed by atoms with E-state index in [1.165, 1.54) is 9.21 Å². The molecule has 4 rings (SSSR count). The quantitative estimate of drug-likeness (QED) is 0.757. The molecule has 0 bridgehead atoms. The summed E-state index contributed by atoms with van der Waals surface area (Å²) in [7, 11) is 1.54. The number of nitrogens with one attached hydrogen (secondary N) is 2. The largest absolute Gasteiger partial charge is 0.446 e. The first-order chi connectivity index (χ1) is 14.2. The average molecular weight is 435 g/mol. The van der Waals surface area contributed by atoms with Crippen molar-refractivity contribution in [1.29, 1.82) is 0 Å². The van der Waals surface area contributed by atoms with Gasteiger partial charge in [0.2, 0.25) is 10.0 Å². The number of fused-ring (bicyclic) bond motifs is 1. The Hall–Kier alpha value is -2.82. The highest BCUT2D eigenvalue weighted by molar-refractivity contribution is 7.92. The van der Waals surface area contributed by atoms with E-state index >= 15 is 0 Å². The van der Waals surface area contributed by atoms with E-state index in [-0.39, 0.29) is 23.9 Å². The Morgan fingerprint density at radius 3 is 2.93 bits per heavy atom. The molecule has 11 heteroatoms. The number of pyridine rings is 1. The molecule has 0 spiro atoms. The third kappa shape index (κ3) is 3.93. The normalized spacial score (nSPS) is 22.4. The van der Waals surface area contributed by atoms with E-state index in [9.17, 15) is 13.2 Å². The zero-order chi connectivity index (χ0) is 21.5. The number of amides is 1. The second-order valence-corrected chi connectivity index (χ2v) is 10.1. The maximum absolute atomic E-state index is 12.3. The molecule has 3 heterocycles. The molecule has 1 fully saturated rings. The lowest BCUT2D eigenvalue weighted by Crippen LogP contribution is -2.35. The van der Waals surface area contributed by atoms with Crippen molar-refractivity contribution >= 4 is 33.3 Å². The van der Waals surface area contributed by atoms with Gasteiger partial charge in [0.15, 0.2) is 5.82 Å². The molecule has 2 aromatic rings. The van der Waals surface area contributed by atoms with Crippen LogP contribution < -0.4 is 9.62 Å². The first kappa shape index (κ1) is 20.5. The number of carbonyl (C=O) groups excluding carboxylic acids is 1. The van der Waals surface area contributed by atoms with Crippen LogP contribution in [-0.4, -0.2) is 67.6 Å². The van der Waals surface area contributed by atoms with Gasteiger partial charge in [-0.25, -0.2) is 13.2 Å². The van der Waals surface area contributed by atoms with Gasteiger partial charge in [0.05, 0.1) is 22.8 Å². The molecular weight excluding hydrogens is 408 g/mol. The monoisotopic (exact) mass is 434 g/mol. The molecule has 2 atom stereocenters. The Labute approximate surface area is 175 Å². The van der Waals surface area contributed by atoms with Crippen LogP contribution in [0.1, 0.15) is 36.6 Å². The Balaban J connectivity index is 1.47. The van der Waals surface area contributed by atoms with Gasteiger partial charge in [-0.05, 0) is 25.3 Å². The number of aryl methyl sites for hydroxylation is 1. The van der Waals surface area contributed by atoms with Crippen LogP contribution in [0.4, 0.5) is 22.0 Å². The van der Waals surface area contributed by atoms with E-state index in [4.69, 9.17) is 4.74 Å². The number of aromatic amines is 1. The minimum absolute atomic E-state index is 0.0563. The van der Waals surface area contributed by atoms with Crippen LogP contribution in [0.25, 0.3) is 0 Å². The second-order valence-electron chi connectivity index (χ2n) is 7.93. The number of nitrogens with zero attached hydrogens (tertiary/aromatic N) is 4. The molecule has 2 aromatic heterocycles. The van der Waals surface area contributed by atoms with Gasteiger partial charge in [0.1, 0.15) is 6.10 Å². The van der Waals surface area contributed by atoms with Gasteiger partial charge in [-0.2, -0.15) is 5.10 Å². The average Bonchev–Trinajstić information content (AvgIpc) is 3.34. The first-order valence-corrected chi connectivity index (χ1v) is 11.5. The van der Waals surface area contributed by atoms with Crippen LogP contribution in [0.15, 0.2) is 18.3 Å². The maximum atomic E-state index is 12.3. The smallest absolute Gasteiger partial charge is 0.409 e. The van der Waals surface area contributed by atoms with Crippen molar-refractivity contribution in [3.05, 3.63) is 29.7 Å². The molecule has 162 valence electrons. The SMILES string of the molecule is CN(C)C(=O)O[C@@H]1CC[C@H](c2cc(Nc3ccnc4c3N(C)S(=O)(=O)CC4)n[nH]2)C1. The van der Waals surface area contributed by atoms with Crippen LogP contribution >= 0.6 is 0 Å². The van der Waals surface area contributed by atoms with E-state index in [1.807, 2.05) is 6.07 Å². The summed E-state index contributed by atoms with van der Waals surface area (Å²) in [5, 5.41) is 10.6. The molecule has 10 nitrogen and oxygen atoms in total. The second kappa shape index (κ2) is 7.78. The lowest BCUT2D eigenvalue weighted by molar-refractivity contribution is 0.0770. The summed E-state index contributed by atoms with van der Waals surface area (Å²) in [6.45, 7) is 0. The molecule has 1 aliphatic heterocycles. The van der Waals surface area contributed by atoms with E-state index < -0.39 is 10.0 Å². The van der Waals surface area contributed by atoms with Gasteiger partial charge >= 0.3 is 6.09 Å². The number of hydrogen-bond donors (Lipinski definition) is 2. The molecule has 0 aromatic carbocycles. The van der Waals surface area contributed by atoms with Gasteiger partial charge < -0.3 is 15.0 Å². The van der Waals surface area contributed by atoms with E-state index in [0.717, 1.165) is 30.7 Å². The summed E-state index contributed by atoms with van der Waals surface area (Å²) >= 11 is 0. The molecular formula is C19H26N6O4S. The van der Waals surface area contributed by atoms with Crippen LogP contribution in [0.5, 0.6) is 0 Å². The fraction of sp³-hybridized carbons (Fsp3) is 0.526. The lowest BCUT2D eigenvalue weighted by atomic mass is 10.0. The van der Waals surface area contributed by atoms with Crippen molar-refractivity contribution in [2.75, 3.05) is 36.5 Å². The van der Waals surface area contributed by atoms with Crippen molar-refractivity contribution in [1.82, 2.24) is 20.1 Å². The van der Waals surface area contributed by atoms with Crippen LogP contribution in [0.2, 0.25) is 0 Å². The minimum atomic E-state index is -3.34. The fourth-order valence-electron chi connectivity index (χ4n) is 3.96. The Bertz CT molecular complexity index is 1050. The minimum Gasteiger partial charge on any atom is -0.446 e. The number of rotatable bonds is 4. The predicted octanol–water partition coefficient (Wildman–Crippen LogP) is 2.20. The lowest BCUT2D eigenvalue weighted by Gasteiger charge is -2.28. The van der Waals surface area contributed by atoms with Gasteiger partial charge in [-0.1, -0.05) is 0 Å². The third-order valence-electron chi connectivity index (χ3n) is 5.65. The van der Waals surface area contributed by atoms with Crippen LogP contribution in [0, 0.1) is 0 Å². The number of sulfonamides is 1. The number of aromatic nitrogens is 3. The molecule has 0 unspecified atom stereocenters. The topological polar surface area (TPSA) is 121 Å². The van der Waals surface area contributed by atoms with E-state index in [2.05, 4.69) is 20.5 Å². The zero-order valence-corrected chi connectivity index (χ0v) is 18.1. The highest BCUT2D eigenvalue weighted by atomic mass is 32.2. The fourth-order valence-corrected chi connectivity index (χ4v) is 5.17. The summed E-state index contributed by atoms with van der Waals surface area (Å²) in [5.74, 6) is 0.881. The molecule has 1 amide bonds. The number of H-pyrrole nitrogens is 1. The predicted molar refractivity (Wildman–Crippen MR) is 113 cm³/mol. The van der Waals surface area contributed by atoms with Gasteiger partial charge in [-0.15, -0.1) is 0 Å². The molecule has 1 saturated carbocycles. The molecule has 2 N–H and O–H groups in total. The van der Waals surface area contributed by atoms with E-state index in [1.54, 1.807) is 33.4 Å². The number of carbonyl (C=O) groups is 1. The molecule has 1 aliphatic carbocycles. The molecule has 30 heavy (non-hydrogen) atoms. The Morgan fingerprint density at radius 2 is 2.17 bits per heavy atom. The highest BCUT2D eigenvalue weighted by Gasteiger charge is 2.31. The van der Waals surface area contributed by atoms with Gasteiger partial charge in [0, 0.05) is 51.4 Å². The van der Waals surface area contributed by atoms with E-state index in [0.29, 0.717) is 23.6 Å². The summed E-state index contributed by atoms with van der Waals surface area (Å²) in [4.78, 5) is 17.5. The van der Waals surface area contributed by atoms with Crippen molar-refractivity contribution < 1.29 is 17.9 Å². The molecule has 0 radical (unpaired) electrons. The number of ether oxygens (including phenoxy) is 1. The zero-order valence-electron chi connectivity index (χ0n) is 17.3. The Kier molecular flexibility index (Phi) is 5.31. The van der Waals surface area contributed by atoms with Crippen molar-refractivity contribution in [3.8, 4) is 0 Å². The summed E-state index contributed by atoms with van der Waals surface area (Å²) in [6.07, 6.45) is 4.09. The summed E-state index contributed by atoms with van der Waals surface area (Å²) < 4.78 is 31.3. The highest BCUT2D eigenvalue weighted by Crippen LogP contribution is 2.38. The molecule has 0 saturated heterocycles. The number of hydrogen-bond acceptors (Lipinski definition) is 7. The summed E-state index contributed by atoms with van der Waals surface area (Å²) in [5.41, 5.74) is 2.91. The number of anilines is 3. The Morgan fingerprint density at radius 1 is 1.37 bits per heavy atom. The third-order valence-corrected chi connectivity index (χ3v) is 7.38. The van der Waals surface area contributed by atoms with Crippen molar-refractivity contribution in [2.45, 2.75) is 37.7 Å². The standard InChI is InChI=1S/C19H26N6O4S/c1-24(2)19(26)29-13-5-4-12(10-13)16-11-17(23-22-16)21-15-6-8-20-14-7-9-30(27,28)25(3)18(14)15/h6,8,11-13H,4-5,7,9-10H2,1-3H3,(H2,20,21,22,23)/t12-,13+/m0/s1. The van der Waals surface area contributed by atoms with Crippen LogP contribution in [0.3, 0.4) is 0 Å². The van der Waals surface area contributed by atoms with Crippen molar-refractivity contribution in [2.24, 2.45) is 0 Å². The maximum Gasteiger partial charge on any atom is 0.409 e. The first-order valence-electron chi connectivity index (χ1n) is 9.89. The van der Waals surface area contributed by atoms with Gasteiger partial charge in [-0.3, -0.25) is 14.4 Å². The molecule has 2 aliphatic rings. The van der Waals surface area contributed by atoms with Crippen molar-refractivity contribution in [3.63, 3.8) is 0 Å². The van der Waals surface area contributed by atoms with Crippen LogP contribution in [-0.2, 0) is 21.2 Å². The van der Waals surface area contributed by atoms with Gasteiger partial charge in [0.25, 0.3) is 0 Å².